The molecule has 0 atom stereocenters. The largest absolute Gasteiger partial charge is 0.467 e. The monoisotopic (exact) mass is 494 g/mol. The van der Waals surface area contributed by atoms with Crippen molar-refractivity contribution in [2.45, 2.75) is 6.54 Å². The molecule has 0 unspecified atom stereocenters. The molecule has 4 rings (SSSR count). The number of hydrogen-bond donors (Lipinski definition) is 1. The van der Waals surface area contributed by atoms with E-state index in [1.54, 1.807) is 78.9 Å². The minimum absolute atomic E-state index is 0.104. The van der Waals surface area contributed by atoms with E-state index in [9.17, 15) is 14.4 Å². The topological polar surface area (TPSA) is 86.1 Å². The Balaban J connectivity index is 1.33. The van der Waals surface area contributed by atoms with Crippen LogP contribution in [0.4, 0.5) is 5.69 Å². The fourth-order valence-corrected chi connectivity index (χ4v) is 4.20. The molecule has 8 nitrogen and oxygen atoms in total. The predicted octanol–water partition coefficient (Wildman–Crippen LogP) is 3.28. The van der Waals surface area contributed by atoms with Gasteiger partial charge >= 0.3 is 0 Å². The fraction of sp³-hybridized carbons (Fsp3) is 0.269. The van der Waals surface area contributed by atoms with Gasteiger partial charge in [-0.1, -0.05) is 35.9 Å². The second kappa shape index (κ2) is 11.2. The number of furan rings is 1. The van der Waals surface area contributed by atoms with E-state index in [0.717, 1.165) is 0 Å². The van der Waals surface area contributed by atoms with Crippen molar-refractivity contribution in [1.82, 2.24) is 15.1 Å². The summed E-state index contributed by atoms with van der Waals surface area (Å²) < 4.78 is 5.26. The van der Waals surface area contributed by atoms with Gasteiger partial charge in [0.05, 0.1) is 41.2 Å². The van der Waals surface area contributed by atoms with Crippen molar-refractivity contribution in [3.8, 4) is 0 Å². The third kappa shape index (κ3) is 5.90. The van der Waals surface area contributed by atoms with Gasteiger partial charge in [0.1, 0.15) is 5.76 Å². The number of amides is 3. The van der Waals surface area contributed by atoms with E-state index in [2.05, 4.69) is 5.32 Å². The van der Waals surface area contributed by atoms with Gasteiger partial charge in [0.25, 0.3) is 11.8 Å². The molecule has 1 N–H and O–H groups in total. The van der Waals surface area contributed by atoms with Crippen molar-refractivity contribution in [3.05, 3.63) is 88.8 Å². The number of para-hydroxylation sites is 1. The van der Waals surface area contributed by atoms with Crippen molar-refractivity contribution >= 4 is 35.0 Å². The predicted molar refractivity (Wildman–Crippen MR) is 134 cm³/mol. The number of hydrogen-bond acceptors (Lipinski definition) is 5. The maximum absolute atomic E-state index is 13.1. The summed E-state index contributed by atoms with van der Waals surface area (Å²) >= 11 is 6.17. The Kier molecular flexibility index (Phi) is 7.84. The maximum atomic E-state index is 13.1. The molecule has 9 heteroatoms. The van der Waals surface area contributed by atoms with Crippen molar-refractivity contribution in [3.63, 3.8) is 0 Å². The quantitative estimate of drug-likeness (QED) is 0.544. The van der Waals surface area contributed by atoms with Gasteiger partial charge in [-0.15, -0.1) is 0 Å². The summed E-state index contributed by atoms with van der Waals surface area (Å²) in [6, 6.07) is 17.5. The zero-order valence-electron chi connectivity index (χ0n) is 19.4. The van der Waals surface area contributed by atoms with Gasteiger partial charge in [0.15, 0.2) is 0 Å². The lowest BCUT2D eigenvalue weighted by atomic mass is 10.1. The number of likely N-dealkylation sites (N-methyl/N-ethyl adjacent to an activating group) is 1. The molecule has 1 aliphatic rings. The van der Waals surface area contributed by atoms with E-state index in [4.69, 9.17) is 16.0 Å². The number of rotatable bonds is 7. The first-order chi connectivity index (χ1) is 16.9. The molecule has 2 aromatic carbocycles. The highest BCUT2D eigenvalue weighted by Crippen LogP contribution is 2.21. The molecule has 1 aromatic heterocycles. The smallest absolute Gasteiger partial charge is 0.255 e. The Morgan fingerprint density at radius 2 is 1.63 bits per heavy atom. The van der Waals surface area contributed by atoms with E-state index in [1.165, 1.54) is 4.90 Å². The van der Waals surface area contributed by atoms with Gasteiger partial charge in [-0.3, -0.25) is 19.3 Å². The fourth-order valence-electron chi connectivity index (χ4n) is 3.98. The summed E-state index contributed by atoms with van der Waals surface area (Å²) in [5, 5.41) is 3.26. The number of carbonyl (C=O) groups excluding carboxylic acids is 3. The highest BCUT2D eigenvalue weighted by Gasteiger charge is 2.26. The first-order valence-corrected chi connectivity index (χ1v) is 11.7. The number of halogens is 1. The molecule has 0 radical (unpaired) electrons. The molecule has 35 heavy (non-hydrogen) atoms. The number of benzene rings is 2. The molecular formula is C26H27ClN4O4. The summed E-state index contributed by atoms with van der Waals surface area (Å²) in [5.74, 6) is 0.117. The Bertz CT molecular complexity index is 1190. The molecule has 2 heterocycles. The summed E-state index contributed by atoms with van der Waals surface area (Å²) in [7, 11) is 1.66. The van der Waals surface area contributed by atoms with Crippen molar-refractivity contribution in [2.75, 3.05) is 44.7 Å². The van der Waals surface area contributed by atoms with Gasteiger partial charge in [-0.25, -0.2) is 0 Å². The Morgan fingerprint density at radius 1 is 0.943 bits per heavy atom. The molecule has 3 amide bonds. The molecule has 3 aromatic rings. The maximum Gasteiger partial charge on any atom is 0.255 e. The van der Waals surface area contributed by atoms with Crippen LogP contribution in [0.15, 0.2) is 71.3 Å². The molecule has 0 spiro atoms. The molecule has 182 valence electrons. The number of nitrogens with zero attached hydrogens (tertiary/aromatic N) is 3. The van der Waals surface area contributed by atoms with Gasteiger partial charge < -0.3 is 19.5 Å². The van der Waals surface area contributed by atoms with E-state index < -0.39 is 0 Å². The lowest BCUT2D eigenvalue weighted by Gasteiger charge is -2.35. The SMILES string of the molecule is CN(C(=O)CN1CCN(C(=O)c2ccccc2Cl)CC1)c1ccccc1C(=O)NCc1ccco1. The average Bonchev–Trinajstić information content (AvgIpc) is 3.41. The molecular weight excluding hydrogens is 468 g/mol. The van der Waals surface area contributed by atoms with Crippen LogP contribution in [0.2, 0.25) is 5.02 Å². The normalized spacial score (nSPS) is 13.9. The second-order valence-electron chi connectivity index (χ2n) is 8.28. The Labute approximate surface area is 209 Å². The minimum Gasteiger partial charge on any atom is -0.467 e. The highest BCUT2D eigenvalue weighted by atomic mass is 35.5. The number of piperazine rings is 1. The summed E-state index contributed by atoms with van der Waals surface area (Å²) in [4.78, 5) is 43.9. The van der Waals surface area contributed by atoms with Gasteiger partial charge in [0, 0.05) is 33.2 Å². The third-order valence-electron chi connectivity index (χ3n) is 6.01. The van der Waals surface area contributed by atoms with Crippen LogP contribution in [-0.4, -0.2) is 67.3 Å². The van der Waals surface area contributed by atoms with Gasteiger partial charge in [0.2, 0.25) is 5.91 Å². The average molecular weight is 495 g/mol. The molecule has 0 saturated carbocycles. The van der Waals surface area contributed by atoms with Crippen LogP contribution < -0.4 is 10.2 Å². The van der Waals surface area contributed by atoms with Crippen molar-refractivity contribution in [1.29, 1.82) is 0 Å². The Morgan fingerprint density at radius 3 is 2.31 bits per heavy atom. The lowest BCUT2D eigenvalue weighted by molar-refractivity contribution is -0.119. The summed E-state index contributed by atoms with van der Waals surface area (Å²) in [6.07, 6.45) is 1.55. The number of carbonyl (C=O) groups is 3. The van der Waals surface area contributed by atoms with E-state index in [1.807, 2.05) is 4.90 Å². The standard InChI is InChI=1S/C26H27ClN4O4/c1-29(23-11-5-3-9-21(23)25(33)28-17-19-7-6-16-35-19)24(32)18-30-12-14-31(15-13-30)26(34)20-8-2-4-10-22(20)27/h2-11,16H,12-15,17-18H2,1H3,(H,28,33). The number of anilines is 1. The van der Waals surface area contributed by atoms with Crippen LogP contribution in [0, 0.1) is 0 Å². The highest BCUT2D eigenvalue weighted by molar-refractivity contribution is 6.33. The van der Waals surface area contributed by atoms with Crippen LogP contribution in [0.1, 0.15) is 26.5 Å². The number of nitrogens with one attached hydrogen (secondary N) is 1. The molecule has 0 bridgehead atoms. The summed E-state index contributed by atoms with van der Waals surface area (Å²) in [5.41, 5.74) is 1.42. The van der Waals surface area contributed by atoms with Crippen LogP contribution in [0.25, 0.3) is 0 Å². The molecule has 1 aliphatic heterocycles. The van der Waals surface area contributed by atoms with Gasteiger partial charge in [-0.05, 0) is 36.4 Å². The lowest BCUT2D eigenvalue weighted by Crippen LogP contribution is -2.51. The Hall–Kier alpha value is -3.62. The van der Waals surface area contributed by atoms with E-state index in [0.29, 0.717) is 53.8 Å². The minimum atomic E-state index is -0.289. The van der Waals surface area contributed by atoms with E-state index >= 15 is 0 Å². The van der Waals surface area contributed by atoms with Crippen LogP contribution in [0.3, 0.4) is 0 Å². The van der Waals surface area contributed by atoms with Crippen molar-refractivity contribution in [2.24, 2.45) is 0 Å². The zero-order chi connectivity index (χ0) is 24.8. The van der Waals surface area contributed by atoms with E-state index in [-0.39, 0.29) is 30.8 Å². The van der Waals surface area contributed by atoms with Crippen LogP contribution >= 0.6 is 11.6 Å². The molecule has 1 saturated heterocycles. The summed E-state index contributed by atoms with van der Waals surface area (Å²) in [6.45, 7) is 2.60. The van der Waals surface area contributed by atoms with Gasteiger partial charge in [-0.2, -0.15) is 0 Å². The first-order valence-electron chi connectivity index (χ1n) is 11.4. The molecule has 0 aliphatic carbocycles. The first kappa shape index (κ1) is 24.5. The third-order valence-corrected chi connectivity index (χ3v) is 6.34. The van der Waals surface area contributed by atoms with Crippen LogP contribution in [0.5, 0.6) is 0 Å². The second-order valence-corrected chi connectivity index (χ2v) is 8.69. The van der Waals surface area contributed by atoms with Crippen molar-refractivity contribution < 1.29 is 18.8 Å². The van der Waals surface area contributed by atoms with Crippen LogP contribution in [-0.2, 0) is 11.3 Å². The molecule has 1 fully saturated rings. The zero-order valence-corrected chi connectivity index (χ0v) is 20.2.